The van der Waals surface area contributed by atoms with Crippen LogP contribution in [-0.2, 0) is 23.4 Å². The van der Waals surface area contributed by atoms with Crippen molar-refractivity contribution in [1.82, 2.24) is 0 Å². The van der Waals surface area contributed by atoms with Crippen LogP contribution in [-0.4, -0.2) is 56.6 Å². The number of nitrogens with zero attached hydrogens (tertiary/aromatic N) is 1. The number of aryl methyl sites for hydroxylation is 2. The summed E-state index contributed by atoms with van der Waals surface area (Å²) in [5, 5.41) is 60.9. The van der Waals surface area contributed by atoms with E-state index in [1.807, 2.05) is 24.3 Å². The van der Waals surface area contributed by atoms with Crippen molar-refractivity contribution in [3.05, 3.63) is 69.8 Å². The maximum atomic E-state index is 11.2. The molecule has 0 aromatic heterocycles. The van der Waals surface area contributed by atoms with Crippen LogP contribution >= 0.6 is 0 Å². The molecule has 30 heavy (non-hydrogen) atoms. The average Bonchev–Trinajstić information content (AvgIpc) is 2.76. The highest BCUT2D eigenvalue weighted by molar-refractivity contribution is 5.48. The second-order valence-corrected chi connectivity index (χ2v) is 7.74. The van der Waals surface area contributed by atoms with Crippen molar-refractivity contribution in [2.24, 2.45) is 0 Å². The molecule has 2 aromatic rings. The Balaban J connectivity index is 2.04. The fraction of sp³-hybridized carbons (Fsp3) is 0.435. The van der Waals surface area contributed by atoms with E-state index < -0.39 is 36.8 Å². The van der Waals surface area contributed by atoms with E-state index in [0.29, 0.717) is 23.1 Å². The molecule has 2 aromatic carbocycles. The zero-order chi connectivity index (χ0) is 22.1. The molecule has 0 amide bonds. The Morgan fingerprint density at radius 1 is 1.07 bits per heavy atom. The number of aliphatic hydroxyl groups is 5. The van der Waals surface area contributed by atoms with E-state index in [9.17, 15) is 30.8 Å². The second-order valence-electron chi connectivity index (χ2n) is 7.74. The van der Waals surface area contributed by atoms with E-state index in [4.69, 9.17) is 4.74 Å². The van der Waals surface area contributed by atoms with Gasteiger partial charge in [-0.15, -0.1) is 0 Å². The summed E-state index contributed by atoms with van der Waals surface area (Å²) in [6, 6.07) is 13.3. The summed E-state index contributed by atoms with van der Waals surface area (Å²) in [6.07, 6.45) is -5.07. The van der Waals surface area contributed by atoms with Gasteiger partial charge in [0.25, 0.3) is 0 Å². The maximum Gasteiger partial charge on any atom is 0.222 e. The normalized spacial score (nSPS) is 28.9. The van der Waals surface area contributed by atoms with Gasteiger partial charge < -0.3 is 30.3 Å². The molecule has 0 aliphatic carbocycles. The molecule has 5 atom stereocenters. The van der Waals surface area contributed by atoms with Gasteiger partial charge in [0.05, 0.1) is 18.2 Å². The van der Waals surface area contributed by atoms with Gasteiger partial charge in [-0.1, -0.05) is 31.2 Å². The van der Waals surface area contributed by atoms with Crippen molar-refractivity contribution < 1.29 is 30.3 Å². The smallest absolute Gasteiger partial charge is 0.222 e. The third kappa shape index (κ3) is 3.98. The van der Waals surface area contributed by atoms with Crippen LogP contribution < -0.4 is 0 Å². The fourth-order valence-corrected chi connectivity index (χ4v) is 3.88. The van der Waals surface area contributed by atoms with Gasteiger partial charge in [-0.3, -0.25) is 0 Å². The topological polar surface area (TPSA) is 134 Å². The van der Waals surface area contributed by atoms with E-state index in [0.717, 1.165) is 12.0 Å². The molecule has 1 aliphatic rings. The summed E-state index contributed by atoms with van der Waals surface area (Å²) in [5.74, 6) is -2.36. The van der Waals surface area contributed by atoms with Gasteiger partial charge in [-0.25, -0.2) is 0 Å². The molecule has 0 bridgehead atoms. The van der Waals surface area contributed by atoms with Crippen LogP contribution in [0.15, 0.2) is 36.4 Å². The van der Waals surface area contributed by atoms with Gasteiger partial charge in [0.2, 0.25) is 5.79 Å². The summed E-state index contributed by atoms with van der Waals surface area (Å²) < 4.78 is 5.46. The van der Waals surface area contributed by atoms with E-state index in [-0.39, 0.29) is 5.56 Å². The number of hydrogen-bond donors (Lipinski definition) is 5. The van der Waals surface area contributed by atoms with Crippen LogP contribution in [0, 0.1) is 18.3 Å². The van der Waals surface area contributed by atoms with Crippen LogP contribution in [0.2, 0.25) is 0 Å². The van der Waals surface area contributed by atoms with Gasteiger partial charge in [0.1, 0.15) is 24.4 Å². The number of benzene rings is 2. The maximum absolute atomic E-state index is 11.2. The number of hydrogen-bond acceptors (Lipinski definition) is 7. The Bertz CT molecular complexity index is 936. The molecule has 1 heterocycles. The van der Waals surface area contributed by atoms with Gasteiger partial charge in [-0.2, -0.15) is 5.26 Å². The standard InChI is InChI=1S/C23H27NO6/c1-3-14-4-6-15(7-5-14)9-16-10-18(13(2)8-17(16)11-24)23(29)22(28)21(27)20(26)19(12-25)30-23/h4-8,10,19-22,25-29H,3,9,12H2,1-2H3/t19-,20-,21+,22-,23-/m1/s1. The molecule has 7 heteroatoms. The summed E-state index contributed by atoms with van der Waals surface area (Å²) in [5.41, 5.74) is 3.84. The average molecular weight is 413 g/mol. The zero-order valence-electron chi connectivity index (χ0n) is 17.0. The minimum Gasteiger partial charge on any atom is -0.394 e. The highest BCUT2D eigenvalue weighted by Crippen LogP contribution is 2.39. The zero-order valence-corrected chi connectivity index (χ0v) is 17.0. The predicted molar refractivity (Wildman–Crippen MR) is 108 cm³/mol. The first-order chi connectivity index (χ1) is 14.2. The lowest BCUT2D eigenvalue weighted by atomic mass is 9.84. The van der Waals surface area contributed by atoms with Crippen molar-refractivity contribution >= 4 is 0 Å². The van der Waals surface area contributed by atoms with Crippen molar-refractivity contribution in [2.45, 2.75) is 56.9 Å². The minimum atomic E-state index is -2.36. The lowest BCUT2D eigenvalue weighted by molar-refractivity contribution is -0.358. The molecular formula is C23H27NO6. The molecule has 0 spiro atoms. The fourth-order valence-electron chi connectivity index (χ4n) is 3.88. The van der Waals surface area contributed by atoms with Crippen molar-refractivity contribution in [3.8, 4) is 6.07 Å². The summed E-state index contributed by atoms with van der Waals surface area (Å²) >= 11 is 0. The molecule has 160 valence electrons. The molecule has 1 aliphatic heterocycles. The third-order valence-electron chi connectivity index (χ3n) is 5.75. The Hall–Kier alpha value is -2.31. The number of nitriles is 1. The first-order valence-electron chi connectivity index (χ1n) is 9.92. The molecule has 3 rings (SSSR count). The first-order valence-corrected chi connectivity index (χ1v) is 9.92. The Morgan fingerprint density at radius 2 is 1.70 bits per heavy atom. The van der Waals surface area contributed by atoms with Crippen LogP contribution in [0.1, 0.15) is 40.3 Å². The molecule has 0 saturated carbocycles. The quantitative estimate of drug-likeness (QED) is 0.486. The Labute approximate surface area is 175 Å². The van der Waals surface area contributed by atoms with E-state index in [1.54, 1.807) is 19.1 Å². The van der Waals surface area contributed by atoms with Gasteiger partial charge in [-0.05, 0) is 54.2 Å². The Kier molecular flexibility index (Phi) is 6.58. The van der Waals surface area contributed by atoms with E-state index in [2.05, 4.69) is 13.0 Å². The lowest BCUT2D eigenvalue weighted by Gasteiger charge is -2.46. The molecular weight excluding hydrogens is 386 g/mol. The highest BCUT2D eigenvalue weighted by atomic mass is 16.7. The largest absolute Gasteiger partial charge is 0.394 e. The first kappa shape index (κ1) is 22.4. The molecule has 0 radical (unpaired) electrons. The van der Waals surface area contributed by atoms with Gasteiger partial charge >= 0.3 is 0 Å². The Morgan fingerprint density at radius 3 is 2.27 bits per heavy atom. The number of aliphatic hydroxyl groups excluding tert-OH is 4. The predicted octanol–water partition coefficient (Wildman–Crippen LogP) is 0.639. The molecule has 1 fully saturated rings. The SMILES string of the molecule is CCc1ccc(Cc2cc([C@@]3(O)O[C@H](CO)[C@@H](O)[C@H](O)[C@H]3O)c(C)cc2C#N)cc1. The summed E-state index contributed by atoms with van der Waals surface area (Å²) in [7, 11) is 0. The highest BCUT2D eigenvalue weighted by Gasteiger charge is 2.54. The van der Waals surface area contributed by atoms with Crippen LogP contribution in [0.4, 0.5) is 0 Å². The van der Waals surface area contributed by atoms with Crippen LogP contribution in [0.25, 0.3) is 0 Å². The van der Waals surface area contributed by atoms with Crippen molar-refractivity contribution in [2.75, 3.05) is 6.61 Å². The van der Waals surface area contributed by atoms with Crippen molar-refractivity contribution in [3.63, 3.8) is 0 Å². The lowest BCUT2D eigenvalue weighted by Crippen LogP contribution is -2.63. The van der Waals surface area contributed by atoms with Crippen molar-refractivity contribution in [1.29, 1.82) is 5.26 Å². The minimum absolute atomic E-state index is 0.165. The molecule has 5 N–H and O–H groups in total. The molecule has 1 saturated heterocycles. The monoisotopic (exact) mass is 413 g/mol. The molecule has 7 nitrogen and oxygen atoms in total. The van der Waals surface area contributed by atoms with Crippen LogP contribution in [0.5, 0.6) is 0 Å². The summed E-state index contributed by atoms with van der Waals surface area (Å²) in [6.45, 7) is 3.06. The number of rotatable bonds is 5. The second kappa shape index (κ2) is 8.82. The number of ether oxygens (including phenoxy) is 1. The summed E-state index contributed by atoms with van der Waals surface area (Å²) in [4.78, 5) is 0. The van der Waals surface area contributed by atoms with E-state index >= 15 is 0 Å². The third-order valence-corrected chi connectivity index (χ3v) is 5.75. The van der Waals surface area contributed by atoms with E-state index in [1.165, 1.54) is 5.56 Å². The van der Waals surface area contributed by atoms with Gasteiger partial charge in [0, 0.05) is 5.56 Å². The van der Waals surface area contributed by atoms with Gasteiger partial charge in [0.15, 0.2) is 0 Å². The molecule has 0 unspecified atom stereocenters. The van der Waals surface area contributed by atoms with Crippen LogP contribution in [0.3, 0.4) is 0 Å².